The fourth-order valence-electron chi connectivity index (χ4n) is 2.19. The van der Waals surface area contributed by atoms with Crippen LogP contribution in [0, 0.1) is 0 Å². The van der Waals surface area contributed by atoms with E-state index in [0.717, 1.165) is 22.1 Å². The zero-order chi connectivity index (χ0) is 14.7. The molecule has 0 fully saturated rings. The van der Waals surface area contributed by atoms with Gasteiger partial charge in [0.05, 0.1) is 7.11 Å². The molecule has 1 heterocycles. The van der Waals surface area contributed by atoms with E-state index in [-0.39, 0.29) is 5.91 Å². The van der Waals surface area contributed by atoms with E-state index in [1.165, 1.54) is 11.3 Å². The van der Waals surface area contributed by atoms with Gasteiger partial charge in [0.2, 0.25) is 0 Å². The van der Waals surface area contributed by atoms with Crippen molar-refractivity contribution in [1.29, 1.82) is 0 Å². The molecule has 0 unspecified atom stereocenters. The fourth-order valence-corrected chi connectivity index (χ4v) is 2.82. The molecule has 4 heteroatoms. The van der Waals surface area contributed by atoms with Crippen molar-refractivity contribution in [2.75, 3.05) is 7.11 Å². The summed E-state index contributed by atoms with van der Waals surface area (Å²) < 4.78 is 5.22. The first kappa shape index (κ1) is 13.6. The maximum Gasteiger partial charge on any atom is 0.252 e. The Labute approximate surface area is 127 Å². The number of carbonyl (C=O) groups excluding carboxylic acids is 1. The fraction of sp³-hybridized carbons (Fsp3) is 0.118. The van der Waals surface area contributed by atoms with Crippen molar-refractivity contribution in [3.8, 4) is 5.75 Å². The number of hydrogen-bond donors (Lipinski definition) is 1. The van der Waals surface area contributed by atoms with E-state index in [9.17, 15) is 4.79 Å². The van der Waals surface area contributed by atoms with Gasteiger partial charge in [0.15, 0.2) is 0 Å². The number of benzene rings is 2. The van der Waals surface area contributed by atoms with Gasteiger partial charge in [-0.05, 0) is 46.0 Å². The van der Waals surface area contributed by atoms with Gasteiger partial charge in [-0.3, -0.25) is 4.79 Å². The van der Waals surface area contributed by atoms with Crippen LogP contribution in [0.15, 0.2) is 53.2 Å². The molecule has 1 N–H and O–H groups in total. The van der Waals surface area contributed by atoms with E-state index in [2.05, 4.69) is 11.4 Å². The van der Waals surface area contributed by atoms with Crippen LogP contribution < -0.4 is 10.1 Å². The highest BCUT2D eigenvalue weighted by atomic mass is 32.1. The van der Waals surface area contributed by atoms with Crippen LogP contribution in [0.5, 0.6) is 5.75 Å². The van der Waals surface area contributed by atoms with Crippen molar-refractivity contribution in [1.82, 2.24) is 5.32 Å². The van der Waals surface area contributed by atoms with E-state index >= 15 is 0 Å². The average molecular weight is 297 g/mol. The molecule has 0 aliphatic heterocycles. The van der Waals surface area contributed by atoms with Gasteiger partial charge >= 0.3 is 0 Å². The number of methoxy groups -OCH3 is 1. The van der Waals surface area contributed by atoms with Gasteiger partial charge < -0.3 is 10.1 Å². The first-order valence-corrected chi connectivity index (χ1v) is 7.57. The monoisotopic (exact) mass is 297 g/mol. The molecular weight excluding hydrogens is 282 g/mol. The number of carbonyl (C=O) groups is 1. The quantitative estimate of drug-likeness (QED) is 0.794. The Morgan fingerprint density at radius 1 is 1.14 bits per heavy atom. The number of rotatable bonds is 4. The number of fused-ring (bicyclic) bond motifs is 1. The lowest BCUT2D eigenvalue weighted by molar-refractivity contribution is 0.0951. The summed E-state index contributed by atoms with van der Waals surface area (Å²) >= 11 is 1.52. The van der Waals surface area contributed by atoms with E-state index in [0.29, 0.717) is 12.1 Å². The zero-order valence-electron chi connectivity index (χ0n) is 11.6. The molecule has 2 aromatic carbocycles. The molecule has 3 rings (SSSR count). The maximum absolute atomic E-state index is 11.9. The molecular formula is C17H15NO2S. The Bertz CT molecular complexity index is 766. The highest BCUT2D eigenvalue weighted by molar-refractivity contribution is 7.08. The number of ether oxygens (including phenoxy) is 1. The van der Waals surface area contributed by atoms with Crippen LogP contribution in [0.4, 0.5) is 0 Å². The molecule has 0 aliphatic carbocycles. The van der Waals surface area contributed by atoms with Crippen LogP contribution in [0.3, 0.4) is 0 Å². The molecule has 0 spiro atoms. The molecule has 3 aromatic rings. The molecule has 0 atom stereocenters. The topological polar surface area (TPSA) is 38.3 Å². The summed E-state index contributed by atoms with van der Waals surface area (Å²) in [7, 11) is 1.66. The van der Waals surface area contributed by atoms with Crippen molar-refractivity contribution in [3.63, 3.8) is 0 Å². The molecule has 3 nitrogen and oxygen atoms in total. The molecule has 0 radical (unpaired) electrons. The van der Waals surface area contributed by atoms with Gasteiger partial charge in [-0.2, -0.15) is 11.3 Å². The van der Waals surface area contributed by atoms with Crippen molar-refractivity contribution in [2.24, 2.45) is 0 Å². The Hall–Kier alpha value is -2.33. The Morgan fingerprint density at radius 2 is 1.95 bits per heavy atom. The number of nitrogens with one attached hydrogen (secondary N) is 1. The van der Waals surface area contributed by atoms with Crippen molar-refractivity contribution >= 4 is 28.0 Å². The summed E-state index contributed by atoms with van der Waals surface area (Å²) in [6.45, 7) is 0.524. The highest BCUT2D eigenvalue weighted by Gasteiger charge is 2.05. The third-order valence-corrected chi connectivity index (χ3v) is 4.03. The summed E-state index contributed by atoms with van der Waals surface area (Å²) in [4.78, 5) is 11.9. The van der Waals surface area contributed by atoms with E-state index in [1.807, 2.05) is 47.2 Å². The van der Waals surface area contributed by atoms with Crippen molar-refractivity contribution in [2.45, 2.75) is 6.54 Å². The van der Waals surface area contributed by atoms with Gasteiger partial charge in [-0.25, -0.2) is 0 Å². The lowest BCUT2D eigenvalue weighted by atomic mass is 10.1. The minimum Gasteiger partial charge on any atom is -0.497 e. The van der Waals surface area contributed by atoms with Crippen LogP contribution >= 0.6 is 11.3 Å². The third kappa shape index (κ3) is 3.06. The molecule has 21 heavy (non-hydrogen) atoms. The summed E-state index contributed by atoms with van der Waals surface area (Å²) in [6, 6.07) is 14.0. The van der Waals surface area contributed by atoms with E-state index in [4.69, 9.17) is 4.74 Å². The zero-order valence-corrected chi connectivity index (χ0v) is 12.4. The predicted molar refractivity (Wildman–Crippen MR) is 86.0 cm³/mol. The molecule has 0 saturated heterocycles. The van der Waals surface area contributed by atoms with Crippen molar-refractivity contribution < 1.29 is 9.53 Å². The van der Waals surface area contributed by atoms with Gasteiger partial charge in [0, 0.05) is 17.5 Å². The number of thiophene rings is 1. The first-order chi connectivity index (χ1) is 10.3. The summed E-state index contributed by atoms with van der Waals surface area (Å²) in [5, 5.41) is 8.95. The van der Waals surface area contributed by atoms with E-state index in [1.54, 1.807) is 7.11 Å². The van der Waals surface area contributed by atoms with Gasteiger partial charge in [0.25, 0.3) is 5.91 Å². The van der Waals surface area contributed by atoms with Crippen LogP contribution in [0.2, 0.25) is 0 Å². The van der Waals surface area contributed by atoms with Crippen LogP contribution in [-0.2, 0) is 6.54 Å². The maximum atomic E-state index is 11.9. The predicted octanol–water partition coefficient (Wildman–Crippen LogP) is 3.84. The lowest BCUT2D eigenvalue weighted by Gasteiger charge is -2.07. The van der Waals surface area contributed by atoms with Crippen LogP contribution in [0.25, 0.3) is 10.8 Å². The highest BCUT2D eigenvalue weighted by Crippen LogP contribution is 2.21. The minimum atomic E-state index is -0.0360. The Kier molecular flexibility index (Phi) is 3.88. The standard InChI is InChI=1S/C17H15NO2S/c1-20-16-5-4-13-8-12(2-3-14(13)9-16)10-18-17(19)15-6-7-21-11-15/h2-9,11H,10H2,1H3,(H,18,19). The minimum absolute atomic E-state index is 0.0360. The van der Waals surface area contributed by atoms with Gasteiger partial charge in [-0.15, -0.1) is 0 Å². The second-order valence-electron chi connectivity index (χ2n) is 4.74. The SMILES string of the molecule is COc1ccc2cc(CNC(=O)c3ccsc3)ccc2c1. The third-order valence-electron chi connectivity index (χ3n) is 3.35. The second kappa shape index (κ2) is 5.97. The lowest BCUT2D eigenvalue weighted by Crippen LogP contribution is -2.22. The van der Waals surface area contributed by atoms with Crippen LogP contribution in [-0.4, -0.2) is 13.0 Å². The molecule has 1 aromatic heterocycles. The summed E-state index contributed by atoms with van der Waals surface area (Å²) in [5.74, 6) is 0.812. The molecule has 0 saturated carbocycles. The molecule has 1 amide bonds. The van der Waals surface area contributed by atoms with Crippen LogP contribution in [0.1, 0.15) is 15.9 Å². The number of hydrogen-bond acceptors (Lipinski definition) is 3. The largest absolute Gasteiger partial charge is 0.497 e. The van der Waals surface area contributed by atoms with Gasteiger partial charge in [0.1, 0.15) is 5.75 Å². The average Bonchev–Trinajstić information content (AvgIpc) is 3.06. The molecule has 0 bridgehead atoms. The Morgan fingerprint density at radius 3 is 2.71 bits per heavy atom. The first-order valence-electron chi connectivity index (χ1n) is 6.63. The van der Waals surface area contributed by atoms with Crippen molar-refractivity contribution in [3.05, 3.63) is 64.4 Å². The number of amides is 1. The summed E-state index contributed by atoms with van der Waals surface area (Å²) in [5.41, 5.74) is 1.79. The molecule has 106 valence electrons. The van der Waals surface area contributed by atoms with Gasteiger partial charge in [-0.1, -0.05) is 18.2 Å². The Balaban J connectivity index is 1.74. The summed E-state index contributed by atoms with van der Waals surface area (Å²) in [6.07, 6.45) is 0. The smallest absolute Gasteiger partial charge is 0.252 e. The van der Waals surface area contributed by atoms with E-state index < -0.39 is 0 Å². The second-order valence-corrected chi connectivity index (χ2v) is 5.52. The normalized spacial score (nSPS) is 10.5. The molecule has 0 aliphatic rings.